The summed E-state index contributed by atoms with van der Waals surface area (Å²) in [5, 5.41) is 2.90. The second-order valence-electron chi connectivity index (χ2n) is 7.08. The maximum Gasteiger partial charge on any atom is 0.246 e. The molecule has 1 amide bonds. The Bertz CT molecular complexity index is 990. The van der Waals surface area contributed by atoms with E-state index >= 15 is 0 Å². The molecule has 3 rings (SSSR count). The number of anilines is 1. The van der Waals surface area contributed by atoms with E-state index in [0.717, 1.165) is 5.56 Å². The number of nitrogens with zero attached hydrogens (tertiary/aromatic N) is 1. The second-order valence-corrected chi connectivity index (χ2v) is 8.98. The van der Waals surface area contributed by atoms with E-state index in [2.05, 4.69) is 5.32 Å². The summed E-state index contributed by atoms with van der Waals surface area (Å²) < 4.78 is 38.3. The molecule has 156 valence electrons. The molecule has 2 aromatic carbocycles. The molecule has 0 bridgehead atoms. The Morgan fingerprint density at radius 3 is 2.62 bits per heavy atom. The first-order valence-electron chi connectivity index (χ1n) is 9.45. The number of amides is 1. The lowest BCUT2D eigenvalue weighted by Gasteiger charge is -2.31. The van der Waals surface area contributed by atoms with Crippen molar-refractivity contribution in [3.8, 4) is 11.5 Å². The smallest absolute Gasteiger partial charge is 0.246 e. The summed E-state index contributed by atoms with van der Waals surface area (Å²) in [4.78, 5) is 12.8. The molecule has 0 saturated carbocycles. The van der Waals surface area contributed by atoms with Crippen LogP contribution in [0.1, 0.15) is 18.4 Å². The molecule has 29 heavy (non-hydrogen) atoms. The van der Waals surface area contributed by atoms with Crippen LogP contribution in [0.15, 0.2) is 47.4 Å². The SMILES string of the molecule is COc1ccc(OC)c(S(=O)(=O)N2CCCC(C(=O)Nc3cccc(C)c3)C2)c1. The van der Waals surface area contributed by atoms with Crippen molar-refractivity contribution >= 4 is 21.6 Å². The highest BCUT2D eigenvalue weighted by Crippen LogP contribution is 2.32. The predicted octanol–water partition coefficient (Wildman–Crippen LogP) is 3.05. The van der Waals surface area contributed by atoms with Crippen molar-refractivity contribution in [2.24, 2.45) is 5.92 Å². The summed E-state index contributed by atoms with van der Waals surface area (Å²) in [7, 11) is -0.932. The van der Waals surface area contributed by atoms with E-state index in [1.165, 1.54) is 24.6 Å². The first-order valence-corrected chi connectivity index (χ1v) is 10.9. The number of sulfonamides is 1. The molecule has 0 aliphatic carbocycles. The molecule has 2 aromatic rings. The second kappa shape index (κ2) is 8.84. The molecule has 0 spiro atoms. The number of methoxy groups -OCH3 is 2. The van der Waals surface area contributed by atoms with Crippen molar-refractivity contribution in [1.82, 2.24) is 4.31 Å². The third-order valence-electron chi connectivity index (χ3n) is 5.03. The maximum atomic E-state index is 13.3. The van der Waals surface area contributed by atoms with Gasteiger partial charge in [0.15, 0.2) is 0 Å². The highest BCUT2D eigenvalue weighted by molar-refractivity contribution is 7.89. The van der Waals surface area contributed by atoms with Crippen LogP contribution >= 0.6 is 0 Å². The minimum atomic E-state index is -3.84. The molecule has 1 saturated heterocycles. The Hall–Kier alpha value is -2.58. The summed E-state index contributed by atoms with van der Waals surface area (Å²) in [6.45, 7) is 2.43. The normalized spacial score (nSPS) is 17.6. The van der Waals surface area contributed by atoms with Gasteiger partial charge in [-0.1, -0.05) is 12.1 Å². The molecule has 7 nitrogen and oxygen atoms in total. The number of nitrogens with one attached hydrogen (secondary N) is 1. The van der Waals surface area contributed by atoms with Gasteiger partial charge in [-0.05, 0) is 49.6 Å². The van der Waals surface area contributed by atoms with Crippen LogP contribution in [-0.4, -0.2) is 45.9 Å². The van der Waals surface area contributed by atoms with Gasteiger partial charge in [-0.25, -0.2) is 8.42 Å². The molecule has 1 unspecified atom stereocenters. The Morgan fingerprint density at radius 1 is 1.14 bits per heavy atom. The van der Waals surface area contributed by atoms with Crippen LogP contribution in [0.4, 0.5) is 5.69 Å². The number of benzene rings is 2. The average molecular weight is 419 g/mol. The molecule has 1 fully saturated rings. The van der Waals surface area contributed by atoms with Crippen molar-refractivity contribution in [1.29, 1.82) is 0 Å². The zero-order valence-corrected chi connectivity index (χ0v) is 17.7. The van der Waals surface area contributed by atoms with Gasteiger partial charge in [-0.15, -0.1) is 0 Å². The number of rotatable bonds is 6. The Morgan fingerprint density at radius 2 is 1.93 bits per heavy atom. The van der Waals surface area contributed by atoms with Crippen LogP contribution in [0.25, 0.3) is 0 Å². The van der Waals surface area contributed by atoms with E-state index < -0.39 is 15.9 Å². The lowest BCUT2D eigenvalue weighted by molar-refractivity contribution is -0.120. The van der Waals surface area contributed by atoms with Crippen LogP contribution in [0, 0.1) is 12.8 Å². The Balaban J connectivity index is 1.80. The van der Waals surface area contributed by atoms with Gasteiger partial charge >= 0.3 is 0 Å². The molecule has 1 N–H and O–H groups in total. The van der Waals surface area contributed by atoms with E-state index in [1.54, 1.807) is 12.1 Å². The van der Waals surface area contributed by atoms with Gasteiger partial charge in [0, 0.05) is 24.8 Å². The number of hydrogen-bond acceptors (Lipinski definition) is 5. The van der Waals surface area contributed by atoms with Gasteiger partial charge in [0.1, 0.15) is 16.4 Å². The van der Waals surface area contributed by atoms with Gasteiger partial charge in [0.25, 0.3) is 0 Å². The minimum Gasteiger partial charge on any atom is -0.497 e. The summed E-state index contributed by atoms with van der Waals surface area (Å²) in [5.41, 5.74) is 1.75. The molecule has 8 heteroatoms. The first kappa shape index (κ1) is 21.1. The molecule has 1 atom stereocenters. The molecule has 1 aliphatic heterocycles. The van der Waals surface area contributed by atoms with Crippen LogP contribution in [0.5, 0.6) is 11.5 Å². The van der Waals surface area contributed by atoms with E-state index in [-0.39, 0.29) is 23.1 Å². The van der Waals surface area contributed by atoms with Crippen LogP contribution < -0.4 is 14.8 Å². The van der Waals surface area contributed by atoms with Crippen LogP contribution in [0.2, 0.25) is 0 Å². The van der Waals surface area contributed by atoms with Crippen molar-refractivity contribution in [3.05, 3.63) is 48.0 Å². The minimum absolute atomic E-state index is 0.0408. The molecule has 1 aliphatic rings. The van der Waals surface area contributed by atoms with Crippen LogP contribution in [0.3, 0.4) is 0 Å². The quantitative estimate of drug-likeness (QED) is 0.779. The molecular formula is C21H26N2O5S. The lowest BCUT2D eigenvalue weighted by atomic mass is 9.98. The Kier molecular flexibility index (Phi) is 6.44. The van der Waals surface area contributed by atoms with E-state index in [0.29, 0.717) is 30.8 Å². The van der Waals surface area contributed by atoms with Gasteiger partial charge < -0.3 is 14.8 Å². The Labute approximate surface area is 171 Å². The zero-order chi connectivity index (χ0) is 21.0. The molecule has 1 heterocycles. The van der Waals surface area contributed by atoms with E-state index in [9.17, 15) is 13.2 Å². The van der Waals surface area contributed by atoms with Crippen molar-refractivity contribution in [2.45, 2.75) is 24.7 Å². The van der Waals surface area contributed by atoms with Crippen molar-refractivity contribution < 1.29 is 22.7 Å². The summed E-state index contributed by atoms with van der Waals surface area (Å²) in [6, 6.07) is 12.2. The topological polar surface area (TPSA) is 84.9 Å². The standard InChI is InChI=1S/C21H26N2O5S/c1-15-6-4-8-17(12-15)22-21(24)16-7-5-11-23(14-16)29(25,26)20-13-18(27-2)9-10-19(20)28-3/h4,6,8-10,12-13,16H,5,7,11,14H2,1-3H3,(H,22,24). The molecule has 0 radical (unpaired) electrons. The summed E-state index contributed by atoms with van der Waals surface area (Å²) in [6.07, 6.45) is 1.25. The van der Waals surface area contributed by atoms with Gasteiger partial charge in [-0.3, -0.25) is 4.79 Å². The third-order valence-corrected chi connectivity index (χ3v) is 6.92. The monoisotopic (exact) mass is 418 g/mol. The lowest BCUT2D eigenvalue weighted by Crippen LogP contribution is -2.43. The summed E-state index contributed by atoms with van der Waals surface area (Å²) >= 11 is 0. The fraction of sp³-hybridized carbons (Fsp3) is 0.381. The molecular weight excluding hydrogens is 392 g/mol. The van der Waals surface area contributed by atoms with Crippen molar-refractivity contribution in [2.75, 3.05) is 32.6 Å². The number of aryl methyl sites for hydroxylation is 1. The first-order chi connectivity index (χ1) is 13.8. The number of carbonyl (C=O) groups is 1. The largest absolute Gasteiger partial charge is 0.497 e. The van der Waals surface area contributed by atoms with Crippen LogP contribution in [-0.2, 0) is 14.8 Å². The maximum absolute atomic E-state index is 13.3. The fourth-order valence-corrected chi connectivity index (χ4v) is 5.16. The number of ether oxygens (including phenoxy) is 2. The van der Waals surface area contributed by atoms with Gasteiger partial charge in [0.2, 0.25) is 15.9 Å². The van der Waals surface area contributed by atoms with Gasteiger partial charge in [0.05, 0.1) is 20.1 Å². The number of carbonyl (C=O) groups excluding carboxylic acids is 1. The number of hydrogen-bond donors (Lipinski definition) is 1. The summed E-state index contributed by atoms with van der Waals surface area (Å²) in [5.74, 6) is 0.0796. The third kappa shape index (κ3) is 4.71. The predicted molar refractivity (Wildman–Crippen MR) is 111 cm³/mol. The van der Waals surface area contributed by atoms with Crippen molar-refractivity contribution in [3.63, 3.8) is 0 Å². The van der Waals surface area contributed by atoms with E-state index in [1.807, 2.05) is 31.2 Å². The highest BCUT2D eigenvalue weighted by atomic mass is 32.2. The fourth-order valence-electron chi connectivity index (χ4n) is 3.47. The van der Waals surface area contributed by atoms with Gasteiger partial charge in [-0.2, -0.15) is 4.31 Å². The molecule has 0 aromatic heterocycles. The highest BCUT2D eigenvalue weighted by Gasteiger charge is 2.35. The zero-order valence-electron chi connectivity index (χ0n) is 16.8. The van der Waals surface area contributed by atoms with E-state index in [4.69, 9.17) is 9.47 Å². The number of piperidine rings is 1. The average Bonchev–Trinajstić information content (AvgIpc) is 2.73.